The molecular formula is C16H21N3O3. The fraction of sp³-hybridized carbons (Fsp3) is 0.500. The van der Waals surface area contributed by atoms with Crippen LogP contribution >= 0.6 is 0 Å². The summed E-state index contributed by atoms with van der Waals surface area (Å²) in [5.41, 5.74) is 0. The first-order chi connectivity index (χ1) is 10.7. The highest BCUT2D eigenvalue weighted by Gasteiger charge is 2.34. The van der Waals surface area contributed by atoms with Crippen LogP contribution in [0.15, 0.2) is 28.9 Å². The van der Waals surface area contributed by atoms with Crippen LogP contribution < -0.4 is 5.32 Å². The summed E-state index contributed by atoms with van der Waals surface area (Å²) in [6.07, 6.45) is 5.03. The number of carbonyl (C=O) groups is 1. The van der Waals surface area contributed by atoms with Crippen molar-refractivity contribution in [3.63, 3.8) is 0 Å². The minimum atomic E-state index is -0.209. The predicted molar refractivity (Wildman–Crippen MR) is 80.6 cm³/mol. The maximum absolute atomic E-state index is 12.3. The van der Waals surface area contributed by atoms with Gasteiger partial charge in [-0.2, -0.15) is 0 Å². The predicted octanol–water partition coefficient (Wildman–Crippen LogP) is 2.32. The van der Waals surface area contributed by atoms with Gasteiger partial charge in [-0.05, 0) is 25.5 Å². The maximum atomic E-state index is 12.3. The third kappa shape index (κ3) is 2.78. The smallest absolute Gasteiger partial charge is 0.287 e. The van der Waals surface area contributed by atoms with Gasteiger partial charge in [0.1, 0.15) is 17.7 Å². The first-order valence-electron chi connectivity index (χ1n) is 7.75. The molecule has 0 radical (unpaired) electrons. The molecule has 1 aliphatic heterocycles. The van der Waals surface area contributed by atoms with Crippen LogP contribution in [-0.4, -0.2) is 28.1 Å². The van der Waals surface area contributed by atoms with Crippen molar-refractivity contribution in [1.29, 1.82) is 0 Å². The van der Waals surface area contributed by atoms with E-state index in [1.54, 1.807) is 12.3 Å². The lowest BCUT2D eigenvalue weighted by Gasteiger charge is -2.19. The Morgan fingerprint density at radius 1 is 1.45 bits per heavy atom. The maximum Gasteiger partial charge on any atom is 0.287 e. The third-order valence-electron chi connectivity index (χ3n) is 3.98. The summed E-state index contributed by atoms with van der Waals surface area (Å²) in [7, 11) is 0. The second kappa shape index (κ2) is 6.36. The highest BCUT2D eigenvalue weighted by Crippen LogP contribution is 2.28. The third-order valence-corrected chi connectivity index (χ3v) is 3.98. The molecule has 1 N–H and O–H groups in total. The first kappa shape index (κ1) is 14.8. The van der Waals surface area contributed by atoms with Gasteiger partial charge < -0.3 is 19.0 Å². The Kier molecular flexibility index (Phi) is 4.29. The van der Waals surface area contributed by atoms with Gasteiger partial charge in [0.05, 0.1) is 6.04 Å². The lowest BCUT2D eigenvalue weighted by Crippen LogP contribution is -2.37. The highest BCUT2D eigenvalue weighted by atomic mass is 16.5. The summed E-state index contributed by atoms with van der Waals surface area (Å²) < 4.78 is 13.3. The van der Waals surface area contributed by atoms with Crippen LogP contribution in [0, 0.1) is 0 Å². The van der Waals surface area contributed by atoms with Gasteiger partial charge in [0, 0.05) is 32.0 Å². The fourth-order valence-corrected chi connectivity index (χ4v) is 2.77. The van der Waals surface area contributed by atoms with Crippen molar-refractivity contribution in [1.82, 2.24) is 14.9 Å². The van der Waals surface area contributed by atoms with Crippen LogP contribution in [0.1, 0.15) is 48.5 Å². The number of hydrogen-bond donors (Lipinski definition) is 1. The van der Waals surface area contributed by atoms with Crippen molar-refractivity contribution in [2.24, 2.45) is 0 Å². The van der Waals surface area contributed by atoms with Crippen molar-refractivity contribution in [2.45, 2.75) is 45.4 Å². The Morgan fingerprint density at radius 3 is 3.05 bits per heavy atom. The van der Waals surface area contributed by atoms with E-state index >= 15 is 0 Å². The average Bonchev–Trinajstić information content (AvgIpc) is 3.26. The van der Waals surface area contributed by atoms with E-state index in [2.05, 4.69) is 17.2 Å². The van der Waals surface area contributed by atoms with Crippen molar-refractivity contribution in [3.8, 4) is 0 Å². The second-order valence-corrected chi connectivity index (χ2v) is 5.35. The molecule has 22 heavy (non-hydrogen) atoms. The summed E-state index contributed by atoms with van der Waals surface area (Å²) in [4.78, 5) is 16.7. The highest BCUT2D eigenvalue weighted by molar-refractivity contribution is 5.91. The molecule has 3 heterocycles. The Hall–Kier alpha value is -2.08. The average molecular weight is 303 g/mol. The van der Waals surface area contributed by atoms with Gasteiger partial charge in [0.15, 0.2) is 5.76 Å². The van der Waals surface area contributed by atoms with E-state index in [0.717, 1.165) is 31.0 Å². The molecule has 2 atom stereocenters. The number of furan rings is 1. The number of imidazole rings is 1. The Bertz CT molecular complexity index is 647. The molecule has 0 bridgehead atoms. The molecule has 0 aliphatic carbocycles. The molecule has 1 fully saturated rings. The van der Waals surface area contributed by atoms with Crippen LogP contribution in [0.4, 0.5) is 0 Å². The largest absolute Gasteiger partial charge is 0.456 e. The molecule has 0 aromatic carbocycles. The van der Waals surface area contributed by atoms with E-state index in [1.807, 2.05) is 23.8 Å². The minimum absolute atomic E-state index is 0.0876. The number of aromatic nitrogens is 2. The standard InChI is InChI=1S/C16H21N3O3/c1-3-11-5-6-13(22-11)16(20)18-12-7-10-21-14(12)15-17-8-9-19(15)4-2/h5-6,8-9,12,14H,3-4,7,10H2,1-2H3,(H,18,20)/t12-,14-/m0/s1. The first-order valence-corrected chi connectivity index (χ1v) is 7.75. The van der Waals surface area contributed by atoms with Crippen LogP contribution in [0.5, 0.6) is 0 Å². The number of hydrogen-bond acceptors (Lipinski definition) is 4. The van der Waals surface area contributed by atoms with E-state index in [9.17, 15) is 4.79 Å². The number of rotatable bonds is 5. The molecule has 2 aromatic heterocycles. The normalized spacial score (nSPS) is 21.2. The number of ether oxygens (including phenoxy) is 1. The quantitative estimate of drug-likeness (QED) is 0.920. The molecule has 2 aromatic rings. The molecule has 0 saturated carbocycles. The molecule has 1 amide bonds. The van der Waals surface area contributed by atoms with E-state index in [0.29, 0.717) is 12.4 Å². The van der Waals surface area contributed by atoms with E-state index < -0.39 is 0 Å². The molecule has 0 unspecified atom stereocenters. The number of amides is 1. The topological polar surface area (TPSA) is 69.3 Å². The van der Waals surface area contributed by atoms with Crippen molar-refractivity contribution < 1.29 is 13.9 Å². The molecule has 1 saturated heterocycles. The summed E-state index contributed by atoms with van der Waals surface area (Å²) in [5, 5.41) is 3.01. The van der Waals surface area contributed by atoms with Gasteiger partial charge in [0.25, 0.3) is 5.91 Å². The molecule has 0 spiro atoms. The van der Waals surface area contributed by atoms with Crippen LogP contribution in [-0.2, 0) is 17.7 Å². The van der Waals surface area contributed by atoms with E-state index in [4.69, 9.17) is 9.15 Å². The number of nitrogens with one attached hydrogen (secondary N) is 1. The summed E-state index contributed by atoms with van der Waals surface area (Å²) in [6, 6.07) is 3.46. The Balaban J connectivity index is 1.72. The zero-order valence-corrected chi connectivity index (χ0v) is 12.9. The van der Waals surface area contributed by atoms with Crippen LogP contribution in [0.25, 0.3) is 0 Å². The molecule has 6 nitrogen and oxygen atoms in total. The number of nitrogens with zero attached hydrogens (tertiary/aromatic N) is 2. The van der Waals surface area contributed by atoms with Crippen molar-refractivity contribution >= 4 is 5.91 Å². The van der Waals surface area contributed by atoms with Gasteiger partial charge in [0.2, 0.25) is 0 Å². The number of aryl methyl sites for hydroxylation is 2. The monoisotopic (exact) mass is 303 g/mol. The molecule has 118 valence electrons. The lowest BCUT2D eigenvalue weighted by atomic mass is 10.1. The van der Waals surface area contributed by atoms with Crippen molar-refractivity contribution in [2.75, 3.05) is 6.61 Å². The molecule has 1 aliphatic rings. The van der Waals surface area contributed by atoms with Gasteiger partial charge in [-0.3, -0.25) is 4.79 Å². The van der Waals surface area contributed by atoms with Crippen LogP contribution in [0.2, 0.25) is 0 Å². The van der Waals surface area contributed by atoms with Crippen LogP contribution in [0.3, 0.4) is 0 Å². The van der Waals surface area contributed by atoms with Gasteiger partial charge in [-0.25, -0.2) is 4.98 Å². The minimum Gasteiger partial charge on any atom is -0.456 e. The van der Waals surface area contributed by atoms with Crippen molar-refractivity contribution in [3.05, 3.63) is 41.9 Å². The lowest BCUT2D eigenvalue weighted by molar-refractivity contribution is 0.0758. The summed E-state index contributed by atoms with van der Waals surface area (Å²) in [5.74, 6) is 1.82. The second-order valence-electron chi connectivity index (χ2n) is 5.35. The number of carbonyl (C=O) groups excluding carboxylic acids is 1. The zero-order valence-electron chi connectivity index (χ0n) is 12.9. The van der Waals surface area contributed by atoms with Gasteiger partial charge >= 0.3 is 0 Å². The Morgan fingerprint density at radius 2 is 2.32 bits per heavy atom. The summed E-state index contributed by atoms with van der Waals surface area (Å²) in [6.45, 7) is 5.49. The SMILES string of the molecule is CCc1ccc(C(=O)N[C@H]2CCO[C@@H]2c2nccn2CC)o1. The van der Waals surface area contributed by atoms with Gasteiger partial charge in [-0.1, -0.05) is 6.92 Å². The fourth-order valence-electron chi connectivity index (χ4n) is 2.77. The Labute approximate surface area is 129 Å². The zero-order chi connectivity index (χ0) is 15.5. The van der Waals surface area contributed by atoms with E-state index in [-0.39, 0.29) is 18.1 Å². The molecule has 3 rings (SSSR count). The summed E-state index contributed by atoms with van der Waals surface area (Å²) >= 11 is 0. The molecular weight excluding hydrogens is 282 g/mol. The van der Waals surface area contributed by atoms with E-state index in [1.165, 1.54) is 0 Å². The van der Waals surface area contributed by atoms with Gasteiger partial charge in [-0.15, -0.1) is 0 Å². The molecule has 6 heteroatoms.